The molecule has 2 N–H and O–H groups in total. The van der Waals surface area contributed by atoms with Crippen LogP contribution in [0.15, 0.2) is 66.9 Å². The van der Waals surface area contributed by atoms with Crippen molar-refractivity contribution in [3.63, 3.8) is 0 Å². The summed E-state index contributed by atoms with van der Waals surface area (Å²) in [5.41, 5.74) is 2.64. The lowest BCUT2D eigenvalue weighted by Crippen LogP contribution is -2.13. The van der Waals surface area contributed by atoms with Crippen molar-refractivity contribution in [1.29, 1.82) is 0 Å². The van der Waals surface area contributed by atoms with Crippen molar-refractivity contribution in [2.75, 3.05) is 17.7 Å². The fourth-order valence-electron chi connectivity index (χ4n) is 2.23. The van der Waals surface area contributed by atoms with Gasteiger partial charge in [0, 0.05) is 11.4 Å². The number of benzene rings is 2. The van der Waals surface area contributed by atoms with Crippen LogP contribution in [0.2, 0.25) is 5.02 Å². The molecule has 3 aromatic rings. The number of pyridine rings is 1. The van der Waals surface area contributed by atoms with Crippen LogP contribution < -0.4 is 15.4 Å². The van der Waals surface area contributed by atoms with E-state index in [2.05, 4.69) is 15.6 Å². The Balaban J connectivity index is 1.67. The second kappa shape index (κ2) is 7.68. The van der Waals surface area contributed by atoms with Crippen molar-refractivity contribution in [1.82, 2.24) is 4.98 Å². The van der Waals surface area contributed by atoms with Crippen LogP contribution in [0.1, 0.15) is 10.5 Å². The molecule has 0 unspecified atom stereocenters. The Hall–Kier alpha value is -3.05. The molecule has 1 aromatic heterocycles. The number of para-hydroxylation sites is 1. The smallest absolute Gasteiger partial charge is 0.274 e. The summed E-state index contributed by atoms with van der Waals surface area (Å²) in [6, 6.07) is 18.2. The van der Waals surface area contributed by atoms with Crippen LogP contribution in [0.5, 0.6) is 5.75 Å². The van der Waals surface area contributed by atoms with E-state index < -0.39 is 0 Å². The summed E-state index contributed by atoms with van der Waals surface area (Å²) in [7, 11) is 1.54. The number of carbonyl (C=O) groups is 1. The van der Waals surface area contributed by atoms with E-state index in [-0.39, 0.29) is 5.91 Å². The number of ether oxygens (including phenoxy) is 1. The monoisotopic (exact) mass is 353 g/mol. The van der Waals surface area contributed by atoms with Crippen LogP contribution in [-0.4, -0.2) is 18.0 Å². The van der Waals surface area contributed by atoms with Crippen LogP contribution in [0.3, 0.4) is 0 Å². The van der Waals surface area contributed by atoms with E-state index in [4.69, 9.17) is 16.3 Å². The molecule has 25 heavy (non-hydrogen) atoms. The van der Waals surface area contributed by atoms with E-state index in [1.807, 2.05) is 30.3 Å². The third-order valence-corrected chi connectivity index (χ3v) is 3.76. The van der Waals surface area contributed by atoms with Gasteiger partial charge in [-0.2, -0.15) is 0 Å². The fourth-order valence-corrected chi connectivity index (χ4v) is 2.49. The van der Waals surface area contributed by atoms with Gasteiger partial charge in [-0.1, -0.05) is 29.8 Å². The SMILES string of the molecule is COc1ccc(NC(=O)c2ccc(Nc3ccccc3)cn2)cc1Cl. The minimum atomic E-state index is -0.313. The molecule has 0 aliphatic heterocycles. The number of carbonyl (C=O) groups excluding carboxylic acids is 1. The number of rotatable bonds is 5. The first-order valence-corrected chi connectivity index (χ1v) is 7.96. The first-order valence-electron chi connectivity index (χ1n) is 7.59. The highest BCUT2D eigenvalue weighted by Crippen LogP contribution is 2.27. The Morgan fingerprint density at radius 3 is 2.40 bits per heavy atom. The van der Waals surface area contributed by atoms with Crippen LogP contribution in [0.4, 0.5) is 17.1 Å². The van der Waals surface area contributed by atoms with E-state index in [1.165, 1.54) is 7.11 Å². The summed E-state index contributed by atoms with van der Waals surface area (Å²) < 4.78 is 5.09. The first kappa shape index (κ1) is 16.8. The quantitative estimate of drug-likeness (QED) is 0.695. The molecule has 0 saturated carbocycles. The largest absolute Gasteiger partial charge is 0.495 e. The fraction of sp³-hybridized carbons (Fsp3) is 0.0526. The number of anilines is 3. The summed E-state index contributed by atoms with van der Waals surface area (Å²) in [6.45, 7) is 0. The number of amides is 1. The zero-order valence-corrected chi connectivity index (χ0v) is 14.2. The number of methoxy groups -OCH3 is 1. The van der Waals surface area contributed by atoms with Crippen molar-refractivity contribution in [2.45, 2.75) is 0 Å². The molecule has 0 bridgehead atoms. The molecule has 0 atom stereocenters. The number of nitrogens with one attached hydrogen (secondary N) is 2. The lowest BCUT2D eigenvalue weighted by molar-refractivity contribution is 0.102. The van der Waals surface area contributed by atoms with Gasteiger partial charge in [0.15, 0.2) is 0 Å². The highest BCUT2D eigenvalue weighted by Gasteiger charge is 2.09. The van der Waals surface area contributed by atoms with Crippen molar-refractivity contribution in [3.8, 4) is 5.75 Å². The van der Waals surface area contributed by atoms with Crippen molar-refractivity contribution >= 4 is 34.6 Å². The summed E-state index contributed by atoms with van der Waals surface area (Å²) in [5.74, 6) is 0.238. The minimum absolute atomic E-state index is 0.311. The van der Waals surface area contributed by atoms with Crippen molar-refractivity contribution in [2.24, 2.45) is 0 Å². The predicted octanol–water partition coefficient (Wildman–Crippen LogP) is 4.74. The maximum absolute atomic E-state index is 12.3. The Morgan fingerprint density at radius 2 is 1.76 bits per heavy atom. The molecule has 6 heteroatoms. The average molecular weight is 354 g/mol. The Kier molecular flexibility index (Phi) is 5.16. The molecule has 0 spiro atoms. The molecule has 2 aromatic carbocycles. The molecule has 126 valence electrons. The van der Waals surface area contributed by atoms with Crippen molar-refractivity contribution < 1.29 is 9.53 Å². The summed E-state index contributed by atoms with van der Waals surface area (Å²) in [6.07, 6.45) is 1.61. The van der Waals surface area contributed by atoms with E-state index >= 15 is 0 Å². The standard InChI is InChI=1S/C19H16ClN3O2/c1-25-18-10-8-14(11-16(18)20)23-19(24)17-9-7-15(12-21-17)22-13-5-3-2-4-6-13/h2-12,22H,1H3,(H,23,24). The molecule has 0 fully saturated rings. The maximum atomic E-state index is 12.3. The van der Waals surface area contributed by atoms with Gasteiger partial charge in [0.1, 0.15) is 11.4 Å². The Morgan fingerprint density at radius 1 is 1.00 bits per heavy atom. The van der Waals surface area contributed by atoms with Gasteiger partial charge < -0.3 is 15.4 Å². The van der Waals surface area contributed by atoms with Crippen LogP contribution in [0, 0.1) is 0 Å². The Labute approximate surface area is 150 Å². The minimum Gasteiger partial charge on any atom is -0.495 e. The molecular weight excluding hydrogens is 338 g/mol. The molecule has 0 aliphatic rings. The van der Waals surface area contributed by atoms with Crippen LogP contribution in [-0.2, 0) is 0 Å². The molecular formula is C19H16ClN3O2. The third kappa shape index (κ3) is 4.28. The van der Waals surface area contributed by atoms with E-state index in [0.29, 0.717) is 22.2 Å². The zero-order chi connectivity index (χ0) is 17.6. The number of aromatic nitrogens is 1. The van der Waals surface area contributed by atoms with Gasteiger partial charge in [0.25, 0.3) is 5.91 Å². The number of hydrogen-bond donors (Lipinski definition) is 2. The molecule has 5 nitrogen and oxygen atoms in total. The average Bonchev–Trinajstić information content (AvgIpc) is 2.63. The number of hydrogen-bond acceptors (Lipinski definition) is 4. The topological polar surface area (TPSA) is 63.2 Å². The highest BCUT2D eigenvalue weighted by molar-refractivity contribution is 6.32. The van der Waals surface area contributed by atoms with Gasteiger partial charge in [-0.25, -0.2) is 4.98 Å². The zero-order valence-electron chi connectivity index (χ0n) is 13.5. The molecule has 0 radical (unpaired) electrons. The normalized spacial score (nSPS) is 10.2. The Bertz CT molecular complexity index is 868. The van der Waals surface area contributed by atoms with E-state index in [0.717, 1.165) is 11.4 Å². The van der Waals surface area contributed by atoms with E-state index in [9.17, 15) is 4.79 Å². The molecule has 1 heterocycles. The second-order valence-electron chi connectivity index (χ2n) is 5.23. The van der Waals surface area contributed by atoms with Gasteiger partial charge in [-0.15, -0.1) is 0 Å². The molecule has 3 rings (SSSR count). The molecule has 0 aliphatic carbocycles. The lowest BCUT2D eigenvalue weighted by atomic mass is 10.2. The summed E-state index contributed by atoms with van der Waals surface area (Å²) in [4.78, 5) is 16.5. The van der Waals surface area contributed by atoms with Gasteiger partial charge in [-0.3, -0.25) is 4.79 Å². The van der Waals surface area contributed by atoms with E-state index in [1.54, 1.807) is 36.5 Å². The second-order valence-corrected chi connectivity index (χ2v) is 5.63. The van der Waals surface area contributed by atoms with Crippen molar-refractivity contribution in [3.05, 3.63) is 77.6 Å². The summed E-state index contributed by atoms with van der Waals surface area (Å²) in [5, 5.41) is 6.40. The van der Waals surface area contributed by atoms with Gasteiger partial charge in [-0.05, 0) is 42.5 Å². The maximum Gasteiger partial charge on any atom is 0.274 e. The first-order chi connectivity index (χ1) is 12.2. The summed E-state index contributed by atoms with van der Waals surface area (Å²) >= 11 is 6.06. The molecule has 0 saturated heterocycles. The number of nitrogens with zero attached hydrogens (tertiary/aromatic N) is 1. The van der Waals surface area contributed by atoms with Gasteiger partial charge >= 0.3 is 0 Å². The highest BCUT2D eigenvalue weighted by atomic mass is 35.5. The van der Waals surface area contributed by atoms with Crippen LogP contribution in [0.25, 0.3) is 0 Å². The molecule has 1 amide bonds. The predicted molar refractivity (Wildman–Crippen MR) is 99.9 cm³/mol. The lowest BCUT2D eigenvalue weighted by Gasteiger charge is -2.09. The third-order valence-electron chi connectivity index (χ3n) is 3.47. The van der Waals surface area contributed by atoms with Gasteiger partial charge in [0.05, 0.1) is 24.0 Å². The number of halogens is 1. The van der Waals surface area contributed by atoms with Gasteiger partial charge in [0.2, 0.25) is 0 Å². The van der Waals surface area contributed by atoms with Crippen LogP contribution >= 0.6 is 11.6 Å².